The predicted molar refractivity (Wildman–Crippen MR) is 55.9 cm³/mol. The highest BCUT2D eigenvalue weighted by molar-refractivity contribution is 9.10. The van der Waals surface area contributed by atoms with Crippen molar-refractivity contribution in [2.75, 3.05) is 5.32 Å². The molecule has 0 amide bonds. The van der Waals surface area contributed by atoms with E-state index in [0.717, 1.165) is 0 Å². The molecule has 1 aliphatic rings. The van der Waals surface area contributed by atoms with Crippen molar-refractivity contribution in [3.05, 3.63) is 16.7 Å². The summed E-state index contributed by atoms with van der Waals surface area (Å²) in [5, 5.41) is 2.78. The number of amidine groups is 1. The smallest absolute Gasteiger partial charge is 0.287 e. The molecule has 0 atom stereocenters. The normalized spacial score (nSPS) is 18.0. The highest BCUT2D eigenvalue weighted by Gasteiger charge is 2.24. The van der Waals surface area contributed by atoms with Gasteiger partial charge < -0.3 is 5.32 Å². The van der Waals surface area contributed by atoms with E-state index in [-0.39, 0.29) is 4.90 Å². The molecular formula is C7H6BrN3O2S. The highest BCUT2D eigenvalue weighted by Crippen LogP contribution is 2.27. The van der Waals surface area contributed by atoms with Gasteiger partial charge in [-0.25, -0.2) is 4.98 Å². The molecule has 1 aliphatic heterocycles. The zero-order chi connectivity index (χ0) is 10.3. The predicted octanol–water partition coefficient (Wildman–Crippen LogP) is 1.38. The lowest BCUT2D eigenvalue weighted by Crippen LogP contribution is -2.19. The van der Waals surface area contributed by atoms with Crippen molar-refractivity contribution in [3.8, 4) is 0 Å². The number of nitrogens with one attached hydrogen (secondary N) is 1. The Morgan fingerprint density at radius 1 is 1.50 bits per heavy atom. The first-order valence-corrected chi connectivity index (χ1v) is 5.96. The molecule has 1 N–H and O–H groups in total. The Morgan fingerprint density at radius 2 is 2.21 bits per heavy atom. The summed E-state index contributed by atoms with van der Waals surface area (Å²) in [6.07, 6.45) is 1.53. The third kappa shape index (κ3) is 1.53. The summed E-state index contributed by atoms with van der Waals surface area (Å²) in [5.74, 6) is 0.646. The van der Waals surface area contributed by atoms with Crippen molar-refractivity contribution in [1.82, 2.24) is 4.98 Å². The van der Waals surface area contributed by atoms with Gasteiger partial charge in [-0.05, 0) is 28.9 Å². The van der Waals surface area contributed by atoms with E-state index in [4.69, 9.17) is 0 Å². The maximum atomic E-state index is 11.5. The first-order chi connectivity index (χ1) is 6.49. The minimum atomic E-state index is -3.58. The number of rotatable bonds is 0. The first-order valence-electron chi connectivity index (χ1n) is 3.73. The van der Waals surface area contributed by atoms with Gasteiger partial charge in [0.25, 0.3) is 10.0 Å². The molecular weight excluding hydrogens is 270 g/mol. The Labute approximate surface area is 89.4 Å². The van der Waals surface area contributed by atoms with Gasteiger partial charge in [0.2, 0.25) is 0 Å². The van der Waals surface area contributed by atoms with Gasteiger partial charge in [-0.1, -0.05) is 0 Å². The molecule has 14 heavy (non-hydrogen) atoms. The highest BCUT2D eigenvalue weighted by atomic mass is 79.9. The number of nitrogens with zero attached hydrogens (tertiary/aromatic N) is 2. The summed E-state index contributed by atoms with van der Waals surface area (Å²) in [7, 11) is -3.58. The van der Waals surface area contributed by atoms with Crippen LogP contribution in [0.5, 0.6) is 0 Å². The minimum Gasteiger partial charge on any atom is -0.327 e. The number of sulfonamides is 1. The Balaban J connectivity index is 2.73. The monoisotopic (exact) mass is 275 g/mol. The van der Waals surface area contributed by atoms with E-state index in [2.05, 4.69) is 30.6 Å². The van der Waals surface area contributed by atoms with E-state index in [9.17, 15) is 8.42 Å². The average Bonchev–Trinajstić information content (AvgIpc) is 2.05. The second-order valence-electron chi connectivity index (χ2n) is 2.78. The van der Waals surface area contributed by atoms with Crippen LogP contribution < -0.4 is 5.32 Å². The first kappa shape index (κ1) is 9.60. The van der Waals surface area contributed by atoms with Gasteiger partial charge in [0.05, 0.1) is 0 Å². The molecule has 0 aromatic carbocycles. The summed E-state index contributed by atoms with van der Waals surface area (Å²) in [6.45, 7) is 1.57. The molecule has 0 fully saturated rings. The van der Waals surface area contributed by atoms with Crippen molar-refractivity contribution in [2.45, 2.75) is 11.8 Å². The van der Waals surface area contributed by atoms with Gasteiger partial charge in [0.15, 0.2) is 5.82 Å². The van der Waals surface area contributed by atoms with Crippen LogP contribution >= 0.6 is 15.9 Å². The Bertz CT molecular complexity index is 524. The summed E-state index contributed by atoms with van der Waals surface area (Å²) in [4.78, 5) is 4.04. The maximum Gasteiger partial charge on any atom is 0.287 e. The van der Waals surface area contributed by atoms with E-state index >= 15 is 0 Å². The number of aromatic nitrogens is 1. The van der Waals surface area contributed by atoms with Crippen molar-refractivity contribution in [1.29, 1.82) is 0 Å². The molecule has 0 saturated heterocycles. The van der Waals surface area contributed by atoms with Crippen molar-refractivity contribution in [2.24, 2.45) is 4.40 Å². The van der Waals surface area contributed by atoms with Gasteiger partial charge in [0, 0.05) is 10.7 Å². The van der Waals surface area contributed by atoms with E-state index in [1.54, 1.807) is 6.92 Å². The molecule has 74 valence electrons. The molecule has 5 nitrogen and oxygen atoms in total. The number of fused-ring (bicyclic) bond motifs is 1. The van der Waals surface area contributed by atoms with Gasteiger partial charge in [-0.2, -0.15) is 8.42 Å². The molecule has 0 bridgehead atoms. The van der Waals surface area contributed by atoms with Crippen LogP contribution in [0.1, 0.15) is 6.92 Å². The van der Waals surface area contributed by atoms with E-state index in [0.29, 0.717) is 16.1 Å². The molecule has 1 aromatic rings. The van der Waals surface area contributed by atoms with Crippen molar-refractivity contribution < 1.29 is 8.42 Å². The molecule has 2 heterocycles. The number of anilines is 1. The quantitative estimate of drug-likeness (QED) is 0.777. The van der Waals surface area contributed by atoms with E-state index < -0.39 is 10.0 Å². The van der Waals surface area contributed by atoms with Crippen molar-refractivity contribution >= 4 is 37.6 Å². The fourth-order valence-corrected chi connectivity index (χ4v) is 2.75. The molecule has 7 heteroatoms. The molecule has 0 aliphatic carbocycles. The standard InChI is InChI=1S/C7H6BrN3O2S/c1-4-10-7-6(14(12,13)11-4)2-5(8)3-9-7/h2-3H,1H3,(H,9,10,11). The SMILES string of the molecule is CC1=NS(=O)(=O)c2cc(Br)cnc2N1. The van der Waals surface area contributed by atoms with Gasteiger partial charge in [-0.3, -0.25) is 0 Å². The summed E-state index contributed by atoms with van der Waals surface area (Å²) in [5.41, 5.74) is 0. The summed E-state index contributed by atoms with van der Waals surface area (Å²) >= 11 is 3.15. The molecule has 1 aromatic heterocycles. The Hall–Kier alpha value is -0.950. The average molecular weight is 276 g/mol. The van der Waals surface area contributed by atoms with E-state index in [1.807, 2.05) is 0 Å². The largest absolute Gasteiger partial charge is 0.327 e. The molecule has 0 radical (unpaired) electrons. The van der Waals surface area contributed by atoms with Crippen LogP contribution in [0.25, 0.3) is 0 Å². The van der Waals surface area contributed by atoms with Crippen LogP contribution in [0.15, 0.2) is 26.0 Å². The summed E-state index contributed by atoms with van der Waals surface area (Å²) < 4.78 is 27.2. The van der Waals surface area contributed by atoms with Crippen molar-refractivity contribution in [3.63, 3.8) is 0 Å². The zero-order valence-corrected chi connectivity index (χ0v) is 9.55. The van der Waals surface area contributed by atoms with Gasteiger partial charge >= 0.3 is 0 Å². The van der Waals surface area contributed by atoms with Crippen LogP contribution in [-0.4, -0.2) is 19.2 Å². The van der Waals surface area contributed by atoms with Gasteiger partial charge in [-0.15, -0.1) is 4.40 Å². The van der Waals surface area contributed by atoms with Crippen LogP contribution in [0, 0.1) is 0 Å². The van der Waals surface area contributed by atoms with Crippen LogP contribution in [-0.2, 0) is 10.0 Å². The fourth-order valence-electron chi connectivity index (χ4n) is 1.13. The second-order valence-corrected chi connectivity index (χ2v) is 5.27. The lowest BCUT2D eigenvalue weighted by molar-refractivity contribution is 0.597. The third-order valence-corrected chi connectivity index (χ3v) is 3.47. The molecule has 2 rings (SSSR count). The minimum absolute atomic E-state index is 0.0949. The van der Waals surface area contributed by atoms with Crippen LogP contribution in [0.3, 0.4) is 0 Å². The Morgan fingerprint density at radius 3 is 2.93 bits per heavy atom. The number of halogens is 1. The van der Waals surface area contributed by atoms with E-state index in [1.165, 1.54) is 12.3 Å². The lowest BCUT2D eigenvalue weighted by atomic mass is 10.4. The van der Waals surface area contributed by atoms with Gasteiger partial charge in [0.1, 0.15) is 10.7 Å². The van der Waals surface area contributed by atoms with Crippen LogP contribution in [0.4, 0.5) is 5.82 Å². The Kier molecular flexibility index (Phi) is 2.07. The zero-order valence-electron chi connectivity index (χ0n) is 7.15. The molecule has 0 saturated carbocycles. The van der Waals surface area contributed by atoms with Crippen LogP contribution in [0.2, 0.25) is 0 Å². The lowest BCUT2D eigenvalue weighted by Gasteiger charge is -2.14. The topological polar surface area (TPSA) is 71.4 Å². The molecule has 0 spiro atoms. The number of hydrogen-bond acceptors (Lipinski definition) is 4. The maximum absolute atomic E-state index is 11.5. The second kappa shape index (κ2) is 3.03. The third-order valence-electron chi connectivity index (χ3n) is 1.65. The number of hydrogen-bond donors (Lipinski definition) is 1. The fraction of sp³-hybridized carbons (Fsp3) is 0.143. The molecule has 0 unspecified atom stereocenters. The number of pyridine rings is 1. The summed E-state index contributed by atoms with van der Waals surface area (Å²) in [6, 6.07) is 1.47.